The molecular weight excluding hydrogens is 805 g/mol. The lowest BCUT2D eigenvalue weighted by atomic mass is 9.92. The van der Waals surface area contributed by atoms with E-state index >= 15 is 0 Å². The summed E-state index contributed by atoms with van der Waals surface area (Å²) >= 11 is 11.7. The molecule has 4 fully saturated rings. The first-order chi connectivity index (χ1) is 27.8. The van der Waals surface area contributed by atoms with Gasteiger partial charge in [0.1, 0.15) is 0 Å². The van der Waals surface area contributed by atoms with Crippen LogP contribution in [0.5, 0.6) is 0 Å². The Kier molecular flexibility index (Phi) is 16.7. The Bertz CT molecular complexity index is 1610. The molecule has 0 spiro atoms. The topological polar surface area (TPSA) is 257 Å². The van der Waals surface area contributed by atoms with Crippen LogP contribution in [0.25, 0.3) is 0 Å². The molecule has 2 aromatic rings. The second kappa shape index (κ2) is 21.9. The number of aromatic nitrogens is 4. The largest absolute Gasteiger partial charge is 0.465 e. The summed E-state index contributed by atoms with van der Waals surface area (Å²) in [5, 5.41) is 27.7. The monoisotopic (exact) mass is 856 g/mol. The predicted molar refractivity (Wildman–Crippen MR) is 212 cm³/mol. The summed E-state index contributed by atoms with van der Waals surface area (Å²) in [6.45, 7) is 1.17. The number of hydrazine groups is 2. The first-order valence-corrected chi connectivity index (χ1v) is 20.6. The third kappa shape index (κ3) is 14.9. The Labute approximate surface area is 344 Å². The van der Waals surface area contributed by atoms with Crippen molar-refractivity contribution in [1.82, 2.24) is 41.4 Å². The van der Waals surface area contributed by atoms with E-state index in [9.17, 15) is 28.0 Å². The maximum atomic E-state index is 14.6. The number of nitrogens with one attached hydrogen (secondary N) is 8. The van der Waals surface area contributed by atoms with E-state index in [-0.39, 0.29) is 46.9 Å². The molecule has 320 valence electrons. The van der Waals surface area contributed by atoms with Crippen molar-refractivity contribution in [3.8, 4) is 0 Å². The quantitative estimate of drug-likeness (QED) is 0.0542. The number of halogens is 4. The van der Waals surface area contributed by atoms with Crippen molar-refractivity contribution in [2.75, 3.05) is 47.7 Å². The lowest BCUT2D eigenvalue weighted by Crippen LogP contribution is -2.41. The molecule has 2 atom stereocenters. The highest BCUT2D eigenvalue weighted by Crippen LogP contribution is 2.33. The van der Waals surface area contributed by atoms with Crippen LogP contribution in [-0.2, 0) is 9.59 Å². The van der Waals surface area contributed by atoms with Gasteiger partial charge in [0.25, 0.3) is 0 Å². The zero-order valence-electron chi connectivity index (χ0n) is 32.0. The van der Waals surface area contributed by atoms with Gasteiger partial charge in [0.2, 0.25) is 34.0 Å². The summed E-state index contributed by atoms with van der Waals surface area (Å²) < 4.78 is 29.2. The van der Waals surface area contributed by atoms with Gasteiger partial charge in [0.15, 0.2) is 23.3 Å². The van der Waals surface area contributed by atoms with E-state index in [4.69, 9.17) is 33.4 Å². The van der Waals surface area contributed by atoms with Crippen LogP contribution in [0.2, 0.25) is 10.6 Å². The molecule has 4 aliphatic rings. The Morgan fingerprint density at radius 1 is 0.569 bits per heavy atom. The molecule has 4 amide bonds. The number of carbonyl (C=O) groups excluding carboxylic acids is 2. The summed E-state index contributed by atoms with van der Waals surface area (Å²) in [7, 11) is 0. The molecular formula is C36H52Cl2F2N12O6. The normalized spacial score (nSPS) is 17.6. The van der Waals surface area contributed by atoms with Gasteiger partial charge < -0.3 is 31.5 Å². The molecule has 0 aliphatic heterocycles. The van der Waals surface area contributed by atoms with E-state index in [1.165, 1.54) is 0 Å². The van der Waals surface area contributed by atoms with Gasteiger partial charge in [-0.05, 0) is 85.4 Å². The molecule has 2 aromatic heterocycles. The molecule has 2 heterocycles. The highest BCUT2D eigenvalue weighted by molar-refractivity contribution is 6.28. The van der Waals surface area contributed by atoms with E-state index in [0.717, 1.165) is 77.0 Å². The molecule has 4 saturated carbocycles. The first kappa shape index (κ1) is 44.4. The van der Waals surface area contributed by atoms with Crippen LogP contribution in [0.15, 0.2) is 0 Å². The second-order valence-electron chi connectivity index (χ2n) is 15.4. The molecule has 0 bridgehead atoms. The average molecular weight is 858 g/mol. The maximum absolute atomic E-state index is 14.6. The van der Waals surface area contributed by atoms with Gasteiger partial charge in [-0.25, -0.2) is 9.59 Å². The van der Waals surface area contributed by atoms with E-state index in [1.807, 2.05) is 0 Å². The number of carboxylic acid groups (broad SMARTS) is 2. The number of carbonyl (C=O) groups is 4. The van der Waals surface area contributed by atoms with Crippen LogP contribution in [0.4, 0.5) is 41.6 Å². The molecule has 22 heteroatoms. The molecule has 58 heavy (non-hydrogen) atoms. The molecule has 6 rings (SSSR count). The third-order valence-corrected chi connectivity index (χ3v) is 11.0. The van der Waals surface area contributed by atoms with Gasteiger partial charge >= 0.3 is 12.2 Å². The van der Waals surface area contributed by atoms with Crippen LogP contribution in [-0.4, -0.2) is 80.3 Å². The fourth-order valence-electron chi connectivity index (χ4n) is 7.10. The highest BCUT2D eigenvalue weighted by atomic mass is 35.5. The van der Waals surface area contributed by atoms with Gasteiger partial charge in [-0.2, -0.15) is 28.7 Å². The fourth-order valence-corrected chi connectivity index (χ4v) is 7.43. The molecule has 0 aromatic carbocycles. The Morgan fingerprint density at radius 2 is 0.914 bits per heavy atom. The van der Waals surface area contributed by atoms with Crippen molar-refractivity contribution < 1.29 is 38.2 Å². The zero-order valence-corrected chi connectivity index (χ0v) is 33.5. The third-order valence-electron chi connectivity index (χ3n) is 10.7. The molecule has 0 saturated heterocycles. The summed E-state index contributed by atoms with van der Waals surface area (Å²) in [5.41, 5.74) is 9.79. The Morgan fingerprint density at radius 3 is 1.24 bits per heavy atom. The molecule has 18 nitrogen and oxygen atoms in total. The zero-order chi connectivity index (χ0) is 41.6. The second-order valence-corrected chi connectivity index (χ2v) is 16.1. The van der Waals surface area contributed by atoms with Crippen molar-refractivity contribution in [2.45, 2.75) is 89.9 Å². The van der Waals surface area contributed by atoms with Crippen LogP contribution in [0.3, 0.4) is 0 Å². The van der Waals surface area contributed by atoms with E-state index in [1.54, 1.807) is 0 Å². The van der Waals surface area contributed by atoms with Gasteiger partial charge in [0, 0.05) is 26.2 Å². The number of amides is 4. The smallest absolute Gasteiger partial charge is 0.404 e. The number of nitrogens with zero attached hydrogens (tertiary/aromatic N) is 4. The number of hydrogen-bond acceptors (Lipinski definition) is 12. The standard InChI is InChI=1S/2C18H26ClFN6O3/c2*19-17-23-14(21-8-11-5-6-11)13(20)15(24-17)25-26-16(27)12(9-22-18(28)29)7-10-3-1-2-4-10/h2*10-12,22H,1-9H2,(H,26,27)(H,28,29)(H2,21,23,24,25)/t2*12-/m11/s1. The van der Waals surface area contributed by atoms with Crippen molar-refractivity contribution in [1.29, 1.82) is 0 Å². The molecule has 0 unspecified atom stereocenters. The lowest BCUT2D eigenvalue weighted by Gasteiger charge is -2.20. The van der Waals surface area contributed by atoms with Gasteiger partial charge in [-0.15, -0.1) is 0 Å². The van der Waals surface area contributed by atoms with Crippen molar-refractivity contribution in [3.05, 3.63) is 22.2 Å². The number of rotatable bonds is 20. The molecule has 4 aliphatic carbocycles. The summed E-state index contributed by atoms with van der Waals surface area (Å²) in [5.74, 6) is -2.28. The van der Waals surface area contributed by atoms with E-state index in [2.05, 4.69) is 62.9 Å². The van der Waals surface area contributed by atoms with Gasteiger partial charge in [-0.1, -0.05) is 51.4 Å². The number of hydrogen-bond donors (Lipinski definition) is 10. The Hall–Kier alpha value is -4.72. The van der Waals surface area contributed by atoms with Gasteiger partial charge in [0.05, 0.1) is 11.8 Å². The minimum absolute atomic E-state index is 0.0133. The number of anilines is 4. The molecule has 0 radical (unpaired) electrons. The van der Waals surface area contributed by atoms with E-state index in [0.29, 0.717) is 49.6 Å². The van der Waals surface area contributed by atoms with Crippen LogP contribution in [0.1, 0.15) is 89.9 Å². The van der Waals surface area contributed by atoms with Crippen molar-refractivity contribution in [3.63, 3.8) is 0 Å². The Balaban J connectivity index is 0.000000221. The van der Waals surface area contributed by atoms with Crippen LogP contribution in [0, 0.1) is 47.1 Å². The van der Waals surface area contributed by atoms with Crippen LogP contribution >= 0.6 is 23.2 Å². The average Bonchev–Trinajstić information content (AvgIpc) is 4.09. The summed E-state index contributed by atoms with van der Waals surface area (Å²) in [6.07, 6.45) is 11.7. The first-order valence-electron chi connectivity index (χ1n) is 19.8. The predicted octanol–water partition coefficient (Wildman–Crippen LogP) is 6.00. The fraction of sp³-hybridized carbons (Fsp3) is 0.667. The minimum atomic E-state index is -1.19. The SMILES string of the molecule is O=C(O)NC[C@@H](CC1CCCC1)C(=O)NNc1nc(Cl)nc(NCC2CC2)c1F.O=C(O)NC[C@@H](CC1CCCC1)C(=O)NNc1nc(Cl)nc(NCC2CC2)c1F. The summed E-state index contributed by atoms with van der Waals surface area (Å²) in [4.78, 5) is 62.1. The van der Waals surface area contributed by atoms with Crippen LogP contribution < -0.4 is 43.0 Å². The maximum Gasteiger partial charge on any atom is 0.404 e. The van der Waals surface area contributed by atoms with Gasteiger partial charge in [-0.3, -0.25) is 31.3 Å². The van der Waals surface area contributed by atoms with Crippen molar-refractivity contribution >= 4 is 70.5 Å². The van der Waals surface area contributed by atoms with Crippen molar-refractivity contribution in [2.24, 2.45) is 35.5 Å². The molecule has 10 N–H and O–H groups in total. The lowest BCUT2D eigenvalue weighted by molar-refractivity contribution is -0.125. The summed E-state index contributed by atoms with van der Waals surface area (Å²) in [6, 6.07) is 0. The van der Waals surface area contributed by atoms with E-state index < -0.39 is 47.5 Å². The minimum Gasteiger partial charge on any atom is -0.465 e. The highest BCUT2D eigenvalue weighted by Gasteiger charge is 2.29.